The second-order valence-electron chi connectivity index (χ2n) is 11.6. The topological polar surface area (TPSA) is 163 Å². The summed E-state index contributed by atoms with van der Waals surface area (Å²) in [6.45, 7) is 5.83. The maximum absolute atomic E-state index is 13.7. The first kappa shape index (κ1) is 30.0. The second-order valence-corrected chi connectivity index (χ2v) is 11.6. The zero-order valence-electron chi connectivity index (χ0n) is 22.6. The lowest BCUT2D eigenvalue weighted by molar-refractivity contribution is -0.166. The predicted molar refractivity (Wildman–Crippen MR) is 139 cm³/mol. The third-order valence-electron chi connectivity index (χ3n) is 9.68. The summed E-state index contributed by atoms with van der Waals surface area (Å²) in [5, 5.41) is 33.4. The number of aliphatic hydroxyl groups excluding tert-OH is 1. The van der Waals surface area contributed by atoms with Crippen molar-refractivity contribution < 1.29 is 39.3 Å². The van der Waals surface area contributed by atoms with Crippen LogP contribution in [0.4, 0.5) is 0 Å². The summed E-state index contributed by atoms with van der Waals surface area (Å²) in [5.74, 6) is -1.76. The number of fused-ring (bicyclic) bond motifs is 5. The number of oxime groups is 1. The van der Waals surface area contributed by atoms with Crippen LogP contribution in [0.2, 0.25) is 0 Å². The van der Waals surface area contributed by atoms with Crippen LogP contribution in [-0.4, -0.2) is 71.3 Å². The molecule has 10 heteroatoms. The van der Waals surface area contributed by atoms with Crippen LogP contribution in [0, 0.1) is 40.4 Å². The first-order valence-corrected chi connectivity index (χ1v) is 13.6. The summed E-state index contributed by atoms with van der Waals surface area (Å²) >= 11 is 0. The maximum atomic E-state index is 13.7. The van der Waals surface area contributed by atoms with E-state index in [1.165, 1.54) is 0 Å². The molecule has 38 heavy (non-hydrogen) atoms. The number of carbonyl (C=O) groups excluding carboxylic acids is 2. The summed E-state index contributed by atoms with van der Waals surface area (Å²) in [4.78, 5) is 51.0. The van der Waals surface area contributed by atoms with Crippen molar-refractivity contribution in [3.63, 3.8) is 0 Å². The molecule has 4 aliphatic rings. The van der Waals surface area contributed by atoms with E-state index < -0.39 is 11.9 Å². The Morgan fingerprint density at radius 2 is 1.74 bits per heavy atom. The second kappa shape index (κ2) is 12.5. The van der Waals surface area contributed by atoms with Crippen molar-refractivity contribution >= 4 is 29.2 Å². The van der Waals surface area contributed by atoms with Crippen LogP contribution < -0.4 is 5.32 Å². The molecule has 0 saturated heterocycles. The zero-order valence-corrected chi connectivity index (χ0v) is 22.6. The van der Waals surface area contributed by atoms with Crippen molar-refractivity contribution in [3.8, 4) is 0 Å². The van der Waals surface area contributed by atoms with E-state index in [0.717, 1.165) is 57.2 Å². The molecule has 0 radical (unpaired) electrons. The predicted octanol–water partition coefficient (Wildman–Crippen LogP) is 2.69. The lowest BCUT2D eigenvalue weighted by Crippen LogP contribution is -2.61. The Kier molecular flexibility index (Phi) is 9.86. The van der Waals surface area contributed by atoms with Crippen molar-refractivity contribution in [2.24, 2.45) is 45.6 Å². The highest BCUT2D eigenvalue weighted by molar-refractivity contribution is 5.93. The van der Waals surface area contributed by atoms with Gasteiger partial charge in [-0.15, -0.1) is 0 Å². The Morgan fingerprint density at radius 1 is 1.05 bits per heavy atom. The van der Waals surface area contributed by atoms with E-state index in [-0.39, 0.29) is 46.9 Å². The van der Waals surface area contributed by atoms with Crippen molar-refractivity contribution in [2.75, 3.05) is 26.8 Å². The van der Waals surface area contributed by atoms with Gasteiger partial charge in [0.1, 0.15) is 18.2 Å². The summed E-state index contributed by atoms with van der Waals surface area (Å²) in [6, 6.07) is 0. The molecule has 0 aromatic rings. The number of Topliss-reactive ketones (excluding diaryl/α,β-unsaturated/α-hetero) is 2. The number of carboxylic acids is 2. The van der Waals surface area contributed by atoms with E-state index in [4.69, 9.17) is 15.1 Å². The summed E-state index contributed by atoms with van der Waals surface area (Å²) in [5.41, 5.74) is 0.718. The van der Waals surface area contributed by atoms with Crippen molar-refractivity contribution in [2.45, 2.75) is 65.2 Å². The zero-order chi connectivity index (χ0) is 28.1. The molecular weight excluding hydrogens is 492 g/mol. The number of carboxylic acid groups (broad SMARTS) is 2. The highest BCUT2D eigenvalue weighted by atomic mass is 16.6. The Bertz CT molecular complexity index is 962. The summed E-state index contributed by atoms with van der Waals surface area (Å²) < 4.78 is 0. The SMILES string of the molecule is CNCCCON=C1CC[C@@]2(C)C(C1)[C@@H](CO)C(=O)[C@@H]1[C@@H]2CC[C@]2(C)C(=O)CC[C@@H]12.O=C(O)/C=C/C(=O)O. The normalized spacial score (nSPS) is 37.2. The molecule has 212 valence electrons. The Morgan fingerprint density at radius 3 is 2.34 bits per heavy atom. The minimum atomic E-state index is -1.26. The summed E-state index contributed by atoms with van der Waals surface area (Å²) in [6.07, 6.45) is 7.97. The number of aliphatic hydroxyl groups is 1. The number of carbonyl (C=O) groups is 4. The van der Waals surface area contributed by atoms with E-state index in [9.17, 15) is 24.3 Å². The first-order valence-electron chi connectivity index (χ1n) is 13.6. The monoisotopic (exact) mass is 534 g/mol. The Balaban J connectivity index is 0.000000436. The van der Waals surface area contributed by atoms with E-state index in [1.54, 1.807) is 0 Å². The van der Waals surface area contributed by atoms with Crippen LogP contribution in [0.25, 0.3) is 0 Å². The van der Waals surface area contributed by atoms with Crippen LogP contribution >= 0.6 is 0 Å². The van der Waals surface area contributed by atoms with Crippen LogP contribution in [0.3, 0.4) is 0 Å². The number of nitrogens with zero attached hydrogens (tertiary/aromatic N) is 1. The molecule has 0 heterocycles. The largest absolute Gasteiger partial charge is 0.478 e. The molecule has 4 N–H and O–H groups in total. The van der Waals surface area contributed by atoms with Gasteiger partial charge in [-0.25, -0.2) is 9.59 Å². The molecule has 1 unspecified atom stereocenters. The summed E-state index contributed by atoms with van der Waals surface area (Å²) in [7, 11) is 1.92. The maximum Gasteiger partial charge on any atom is 0.328 e. The Hall–Kier alpha value is -2.59. The quantitative estimate of drug-likeness (QED) is 0.208. The standard InChI is InChI=1S/C24H38N2O4.C4H4O4/c1-23-9-7-15(26-30-12-4-11-25-3)13-19(23)16(14-27)22(29)21-17-5-6-20(28)24(17,2)10-8-18(21)23;5-3(6)1-2-4(7)8/h16-19,21,25,27H,4-14H2,1-3H3;1-2H,(H,5,6)(H,7,8)/b;2-1+/t16-,17+,18+,19?,21+,23-,24+;/m1./s1. The smallest absolute Gasteiger partial charge is 0.328 e. The van der Waals surface area contributed by atoms with Gasteiger partial charge in [0.15, 0.2) is 0 Å². The van der Waals surface area contributed by atoms with Gasteiger partial charge < -0.3 is 25.5 Å². The molecule has 0 aromatic carbocycles. The average molecular weight is 535 g/mol. The van der Waals surface area contributed by atoms with E-state index >= 15 is 0 Å². The minimum absolute atomic E-state index is 0.0179. The fourth-order valence-electron chi connectivity index (χ4n) is 7.64. The molecule has 0 aromatic heterocycles. The number of nitrogens with one attached hydrogen (secondary N) is 1. The number of aliphatic carboxylic acids is 2. The van der Waals surface area contributed by atoms with Crippen LogP contribution in [0.1, 0.15) is 65.2 Å². The lowest BCUT2D eigenvalue weighted by Gasteiger charge is -2.60. The van der Waals surface area contributed by atoms with E-state index in [2.05, 4.69) is 24.3 Å². The molecule has 4 rings (SSSR count). The van der Waals surface area contributed by atoms with Gasteiger partial charge in [0.05, 0.1) is 12.3 Å². The molecule has 0 amide bonds. The fourth-order valence-corrected chi connectivity index (χ4v) is 7.64. The van der Waals surface area contributed by atoms with Gasteiger partial charge in [0.25, 0.3) is 0 Å². The van der Waals surface area contributed by atoms with Gasteiger partial charge >= 0.3 is 11.9 Å². The van der Waals surface area contributed by atoms with Crippen molar-refractivity contribution in [3.05, 3.63) is 12.2 Å². The van der Waals surface area contributed by atoms with Gasteiger partial charge in [-0.2, -0.15) is 0 Å². The third kappa shape index (κ3) is 6.01. The van der Waals surface area contributed by atoms with Gasteiger partial charge in [-0.1, -0.05) is 19.0 Å². The molecule has 4 aliphatic carbocycles. The van der Waals surface area contributed by atoms with E-state index in [1.807, 2.05) is 7.05 Å². The molecule has 7 atom stereocenters. The van der Waals surface area contributed by atoms with Gasteiger partial charge in [-0.05, 0) is 81.7 Å². The van der Waals surface area contributed by atoms with Crippen molar-refractivity contribution in [1.82, 2.24) is 5.32 Å². The fraction of sp³-hybridized carbons (Fsp3) is 0.750. The van der Waals surface area contributed by atoms with E-state index in [0.29, 0.717) is 36.9 Å². The lowest BCUT2D eigenvalue weighted by atomic mass is 9.43. The number of hydrogen-bond donors (Lipinski definition) is 4. The average Bonchev–Trinajstić information content (AvgIpc) is 3.18. The first-order chi connectivity index (χ1) is 18.0. The Labute approximate surface area is 223 Å². The van der Waals surface area contributed by atoms with Crippen LogP contribution in [0.15, 0.2) is 17.3 Å². The molecule has 0 aliphatic heterocycles. The highest BCUT2D eigenvalue weighted by Crippen LogP contribution is 2.65. The molecule has 0 bridgehead atoms. The van der Waals surface area contributed by atoms with Crippen molar-refractivity contribution in [1.29, 1.82) is 0 Å². The van der Waals surface area contributed by atoms with Gasteiger partial charge in [-0.3, -0.25) is 9.59 Å². The molecule has 4 fully saturated rings. The number of ketones is 2. The molecular formula is C28H42N2O8. The molecule has 10 nitrogen and oxygen atoms in total. The number of rotatable bonds is 8. The van der Waals surface area contributed by atoms with Gasteiger partial charge in [0, 0.05) is 35.8 Å². The van der Waals surface area contributed by atoms with Gasteiger partial charge in [0.2, 0.25) is 0 Å². The molecule has 4 saturated carbocycles. The molecule has 0 spiro atoms. The highest BCUT2D eigenvalue weighted by Gasteiger charge is 2.65. The van der Waals surface area contributed by atoms with Crippen LogP contribution in [0.5, 0.6) is 0 Å². The van der Waals surface area contributed by atoms with Crippen LogP contribution in [-0.2, 0) is 24.0 Å². The minimum Gasteiger partial charge on any atom is -0.478 e. The third-order valence-corrected chi connectivity index (χ3v) is 9.68. The number of hydrogen-bond acceptors (Lipinski definition) is 8.